The van der Waals surface area contributed by atoms with Gasteiger partial charge in [0.1, 0.15) is 10.6 Å². The molecule has 6 nitrogen and oxygen atoms in total. The molecule has 1 amide bonds. The van der Waals surface area contributed by atoms with E-state index in [-0.39, 0.29) is 6.54 Å². The van der Waals surface area contributed by atoms with Gasteiger partial charge in [-0.05, 0) is 27.7 Å². The second kappa shape index (κ2) is 6.01. The molecule has 1 unspecified atom stereocenters. The van der Waals surface area contributed by atoms with Crippen molar-refractivity contribution in [3.8, 4) is 0 Å². The topological polar surface area (TPSA) is 79.7 Å². The number of hydrogen-bond acceptors (Lipinski definition) is 5. The first-order chi connectivity index (χ1) is 8.76. The Morgan fingerprint density at radius 2 is 2.16 bits per heavy atom. The largest absolute Gasteiger partial charge is 0.479 e. The van der Waals surface area contributed by atoms with Crippen LogP contribution in [-0.2, 0) is 9.53 Å². The molecule has 7 heteroatoms. The normalized spacial score (nSPS) is 12.8. The van der Waals surface area contributed by atoms with E-state index >= 15 is 0 Å². The van der Waals surface area contributed by atoms with E-state index in [4.69, 9.17) is 4.74 Å². The summed E-state index contributed by atoms with van der Waals surface area (Å²) >= 11 is 1.20. The number of carbonyl (C=O) groups excluding carboxylic acids is 1. The Kier molecular flexibility index (Phi) is 4.88. The molecule has 0 aliphatic heterocycles. The molecule has 1 atom stereocenters. The van der Waals surface area contributed by atoms with Gasteiger partial charge in [-0.3, -0.25) is 4.90 Å². The Morgan fingerprint density at radius 1 is 1.53 bits per heavy atom. The molecule has 1 aromatic rings. The minimum Gasteiger partial charge on any atom is -0.479 e. The van der Waals surface area contributed by atoms with Crippen LogP contribution in [0.25, 0.3) is 0 Å². The van der Waals surface area contributed by atoms with Crippen LogP contribution < -0.4 is 0 Å². The number of carbonyl (C=O) groups is 2. The molecule has 0 radical (unpaired) electrons. The summed E-state index contributed by atoms with van der Waals surface area (Å²) < 4.78 is 5.22. The summed E-state index contributed by atoms with van der Waals surface area (Å²) in [5.74, 6) is -1.12. The molecule has 1 aromatic heterocycles. The van der Waals surface area contributed by atoms with Crippen molar-refractivity contribution in [2.75, 3.05) is 6.54 Å². The van der Waals surface area contributed by atoms with Crippen LogP contribution in [0.2, 0.25) is 0 Å². The lowest BCUT2D eigenvalue weighted by Gasteiger charge is -2.29. The highest BCUT2D eigenvalue weighted by Gasteiger charge is 2.34. The quantitative estimate of drug-likeness (QED) is 0.920. The molecule has 1 heterocycles. The average molecular weight is 286 g/mol. The molecule has 0 bridgehead atoms. The van der Waals surface area contributed by atoms with Gasteiger partial charge in [0.05, 0.1) is 0 Å². The van der Waals surface area contributed by atoms with E-state index in [1.807, 2.05) is 0 Å². The number of rotatable bonds is 4. The maximum absolute atomic E-state index is 12.0. The third kappa shape index (κ3) is 4.20. The van der Waals surface area contributed by atoms with Gasteiger partial charge < -0.3 is 9.84 Å². The lowest BCUT2D eigenvalue weighted by atomic mass is 10.2. The predicted molar refractivity (Wildman–Crippen MR) is 71.1 cm³/mol. The first-order valence-electron chi connectivity index (χ1n) is 5.88. The lowest BCUT2D eigenvalue weighted by molar-refractivity contribution is -0.143. The van der Waals surface area contributed by atoms with Crippen LogP contribution in [0.1, 0.15) is 38.7 Å². The number of carboxylic acid groups (broad SMARTS) is 1. The smallest absolute Gasteiger partial charge is 0.411 e. The molecule has 0 saturated carbocycles. The molecule has 1 N–H and O–H groups in total. The first-order valence-corrected chi connectivity index (χ1v) is 6.76. The van der Waals surface area contributed by atoms with Crippen molar-refractivity contribution in [2.45, 2.75) is 39.3 Å². The van der Waals surface area contributed by atoms with Crippen molar-refractivity contribution in [1.82, 2.24) is 9.88 Å². The van der Waals surface area contributed by atoms with Gasteiger partial charge in [0, 0.05) is 18.1 Å². The second-order valence-corrected chi connectivity index (χ2v) is 5.80. The highest BCUT2D eigenvalue weighted by molar-refractivity contribution is 7.09. The third-order valence-corrected chi connectivity index (χ3v) is 3.03. The molecule has 106 valence electrons. The Labute approximate surface area is 116 Å². The monoisotopic (exact) mass is 286 g/mol. The van der Waals surface area contributed by atoms with Gasteiger partial charge in [-0.2, -0.15) is 0 Å². The molecule has 0 aliphatic rings. The van der Waals surface area contributed by atoms with Crippen molar-refractivity contribution in [3.63, 3.8) is 0 Å². The summed E-state index contributed by atoms with van der Waals surface area (Å²) in [7, 11) is 0. The van der Waals surface area contributed by atoms with Gasteiger partial charge in [-0.15, -0.1) is 11.3 Å². The SMILES string of the molecule is CCN(C(=O)OC(C)(C)C)C(C(=O)O)c1nccs1. The Bertz CT molecular complexity index is 439. The minimum atomic E-state index is -1.12. The number of hydrogen-bond donors (Lipinski definition) is 1. The first kappa shape index (κ1) is 15.4. The average Bonchev–Trinajstić information content (AvgIpc) is 2.75. The van der Waals surface area contributed by atoms with E-state index in [1.54, 1.807) is 33.1 Å². The molecular formula is C12H18N2O4S. The van der Waals surface area contributed by atoms with Gasteiger partial charge >= 0.3 is 12.1 Å². The Balaban J connectivity index is 2.98. The van der Waals surface area contributed by atoms with Crippen LogP contribution in [0.3, 0.4) is 0 Å². The number of amides is 1. The fourth-order valence-corrected chi connectivity index (χ4v) is 2.22. The maximum Gasteiger partial charge on any atom is 0.411 e. The van der Waals surface area contributed by atoms with Gasteiger partial charge in [0.15, 0.2) is 6.04 Å². The zero-order valence-electron chi connectivity index (χ0n) is 11.4. The molecule has 0 aromatic carbocycles. The number of thiazole rings is 1. The lowest BCUT2D eigenvalue weighted by Crippen LogP contribution is -2.42. The van der Waals surface area contributed by atoms with E-state index in [1.165, 1.54) is 17.5 Å². The molecule has 19 heavy (non-hydrogen) atoms. The fourth-order valence-electron chi connectivity index (χ4n) is 1.48. The third-order valence-electron chi connectivity index (χ3n) is 2.20. The van der Waals surface area contributed by atoms with Crippen LogP contribution in [-0.4, -0.2) is 39.2 Å². The molecule has 0 spiro atoms. The zero-order valence-corrected chi connectivity index (χ0v) is 12.2. The molecule has 1 rings (SSSR count). The number of ether oxygens (including phenoxy) is 1. The summed E-state index contributed by atoms with van der Waals surface area (Å²) in [4.78, 5) is 28.6. The van der Waals surface area contributed by atoms with Crippen LogP contribution in [0.15, 0.2) is 11.6 Å². The van der Waals surface area contributed by atoms with E-state index in [9.17, 15) is 14.7 Å². The van der Waals surface area contributed by atoms with Crippen molar-refractivity contribution >= 4 is 23.4 Å². The summed E-state index contributed by atoms with van der Waals surface area (Å²) in [6.45, 7) is 7.13. The van der Waals surface area contributed by atoms with Gasteiger partial charge in [-0.25, -0.2) is 14.6 Å². The van der Waals surface area contributed by atoms with Gasteiger partial charge in [-0.1, -0.05) is 0 Å². The number of carboxylic acids is 1. The van der Waals surface area contributed by atoms with E-state index in [2.05, 4.69) is 4.98 Å². The highest BCUT2D eigenvalue weighted by atomic mass is 32.1. The summed E-state index contributed by atoms with van der Waals surface area (Å²) in [5, 5.41) is 11.3. The van der Waals surface area contributed by atoms with Crippen molar-refractivity contribution in [1.29, 1.82) is 0 Å². The van der Waals surface area contributed by atoms with Crippen LogP contribution in [0.5, 0.6) is 0 Å². The fraction of sp³-hybridized carbons (Fsp3) is 0.583. The summed E-state index contributed by atoms with van der Waals surface area (Å²) in [6.07, 6.45) is 0.858. The summed E-state index contributed by atoms with van der Waals surface area (Å²) in [6, 6.07) is -1.11. The second-order valence-electron chi connectivity index (χ2n) is 4.88. The van der Waals surface area contributed by atoms with Crippen LogP contribution in [0, 0.1) is 0 Å². The molecule has 0 saturated heterocycles. The predicted octanol–water partition coefficient (Wildman–Crippen LogP) is 2.53. The van der Waals surface area contributed by atoms with E-state index in [0.717, 1.165) is 4.90 Å². The zero-order chi connectivity index (χ0) is 14.6. The Hall–Kier alpha value is -1.63. The molecule has 0 fully saturated rings. The number of aliphatic carboxylic acids is 1. The number of nitrogens with zero attached hydrogens (tertiary/aromatic N) is 2. The van der Waals surface area contributed by atoms with Crippen LogP contribution >= 0.6 is 11.3 Å². The summed E-state index contributed by atoms with van der Waals surface area (Å²) in [5.41, 5.74) is -0.670. The standard InChI is InChI=1S/C12H18N2O4S/c1-5-14(11(17)18-12(2,3)4)8(10(15)16)9-13-6-7-19-9/h6-8H,5H2,1-4H3,(H,15,16). The van der Waals surface area contributed by atoms with Crippen molar-refractivity contribution < 1.29 is 19.4 Å². The van der Waals surface area contributed by atoms with Crippen LogP contribution in [0.4, 0.5) is 4.79 Å². The van der Waals surface area contributed by atoms with Gasteiger partial charge in [0.2, 0.25) is 0 Å². The van der Waals surface area contributed by atoms with Gasteiger partial charge in [0.25, 0.3) is 0 Å². The highest BCUT2D eigenvalue weighted by Crippen LogP contribution is 2.25. The Morgan fingerprint density at radius 3 is 2.53 bits per heavy atom. The maximum atomic E-state index is 12.0. The van der Waals surface area contributed by atoms with E-state index in [0.29, 0.717) is 5.01 Å². The van der Waals surface area contributed by atoms with Crippen molar-refractivity contribution in [3.05, 3.63) is 16.6 Å². The number of likely N-dealkylation sites (N-methyl/N-ethyl adjacent to an activating group) is 1. The minimum absolute atomic E-state index is 0.228. The van der Waals surface area contributed by atoms with E-state index < -0.39 is 23.7 Å². The molecule has 0 aliphatic carbocycles. The van der Waals surface area contributed by atoms with Crippen molar-refractivity contribution in [2.24, 2.45) is 0 Å². The molecular weight excluding hydrogens is 268 g/mol. The number of aromatic nitrogens is 1.